The van der Waals surface area contributed by atoms with E-state index in [2.05, 4.69) is 24.1 Å². The van der Waals surface area contributed by atoms with Crippen molar-refractivity contribution in [1.82, 2.24) is 14.8 Å². The van der Waals surface area contributed by atoms with Gasteiger partial charge >= 0.3 is 0 Å². The predicted octanol–water partition coefficient (Wildman–Crippen LogP) is 4.55. The van der Waals surface area contributed by atoms with E-state index in [9.17, 15) is 9.59 Å². The monoisotopic (exact) mass is 507 g/mol. The van der Waals surface area contributed by atoms with E-state index in [4.69, 9.17) is 9.47 Å². The number of aromatic nitrogens is 1. The van der Waals surface area contributed by atoms with Crippen LogP contribution in [0.4, 0.5) is 0 Å². The van der Waals surface area contributed by atoms with Crippen LogP contribution in [0.5, 0.6) is 11.5 Å². The number of thiophene rings is 1. The van der Waals surface area contributed by atoms with Crippen molar-refractivity contribution in [1.29, 1.82) is 0 Å². The molecule has 1 N–H and O–H groups in total. The fraction of sp³-hybridized carbons (Fsp3) is 0.357. The van der Waals surface area contributed by atoms with E-state index in [0.29, 0.717) is 35.5 Å². The van der Waals surface area contributed by atoms with Crippen LogP contribution in [0.15, 0.2) is 53.3 Å². The van der Waals surface area contributed by atoms with Crippen LogP contribution in [0.3, 0.4) is 0 Å². The Balaban J connectivity index is 1.72. The van der Waals surface area contributed by atoms with Gasteiger partial charge in [-0.3, -0.25) is 9.59 Å². The van der Waals surface area contributed by atoms with Gasteiger partial charge in [0.05, 0.1) is 24.4 Å². The zero-order valence-electron chi connectivity index (χ0n) is 21.3. The number of hydrogen-bond acceptors (Lipinski definition) is 6. The van der Waals surface area contributed by atoms with E-state index in [-0.39, 0.29) is 11.5 Å². The van der Waals surface area contributed by atoms with Gasteiger partial charge in [0.2, 0.25) is 0 Å². The Morgan fingerprint density at radius 1 is 1.03 bits per heavy atom. The summed E-state index contributed by atoms with van der Waals surface area (Å²) in [6, 6.07) is 15.7. The van der Waals surface area contributed by atoms with Gasteiger partial charge in [0.25, 0.3) is 11.5 Å². The first kappa shape index (κ1) is 25.7. The summed E-state index contributed by atoms with van der Waals surface area (Å²) >= 11 is 1.32. The van der Waals surface area contributed by atoms with Crippen LogP contribution in [-0.4, -0.2) is 55.8 Å². The normalized spacial score (nSPS) is 11.4. The van der Waals surface area contributed by atoms with Crippen LogP contribution in [0.2, 0.25) is 0 Å². The van der Waals surface area contributed by atoms with Crippen LogP contribution in [0.1, 0.15) is 29.1 Å². The van der Waals surface area contributed by atoms with E-state index < -0.39 is 0 Å². The lowest BCUT2D eigenvalue weighted by atomic mass is 10.1. The standard InChI is InChI=1S/C28H33N3O4S/c1-5-30(6-2)18-16-29-27(32)26-24(35-4)23-25(36-26)21-9-7-8-10-22(21)31(28(23)33)17-15-19-11-13-20(34-3)14-12-19/h7-14H,5-6,15-18H2,1-4H3,(H,29,32). The summed E-state index contributed by atoms with van der Waals surface area (Å²) in [4.78, 5) is 29.6. The van der Waals surface area contributed by atoms with E-state index in [1.165, 1.54) is 18.4 Å². The van der Waals surface area contributed by atoms with E-state index in [1.807, 2.05) is 48.5 Å². The van der Waals surface area contributed by atoms with Crippen LogP contribution in [-0.2, 0) is 13.0 Å². The molecule has 0 aliphatic carbocycles. The molecule has 2 aromatic carbocycles. The number of ether oxygens (including phenoxy) is 2. The fourth-order valence-electron chi connectivity index (χ4n) is 4.49. The first-order chi connectivity index (χ1) is 17.5. The molecule has 0 atom stereocenters. The number of rotatable bonds is 11. The number of methoxy groups -OCH3 is 2. The molecule has 1 amide bonds. The topological polar surface area (TPSA) is 72.8 Å². The second kappa shape index (κ2) is 11.6. The van der Waals surface area contributed by atoms with Crippen LogP contribution < -0.4 is 20.3 Å². The van der Waals surface area contributed by atoms with Crippen molar-refractivity contribution in [3.05, 3.63) is 69.3 Å². The maximum absolute atomic E-state index is 13.8. The number of nitrogens with zero attached hydrogens (tertiary/aromatic N) is 2. The van der Waals surface area contributed by atoms with Gasteiger partial charge in [-0.1, -0.05) is 44.2 Å². The Bertz CT molecular complexity index is 1400. The number of fused-ring (bicyclic) bond motifs is 3. The Labute approximate surface area is 215 Å². The Morgan fingerprint density at radius 2 is 1.75 bits per heavy atom. The molecule has 0 spiro atoms. The third kappa shape index (κ3) is 5.10. The number of carbonyl (C=O) groups excluding carboxylic acids is 1. The van der Waals surface area contributed by atoms with Crippen molar-refractivity contribution in [2.45, 2.75) is 26.8 Å². The number of nitrogens with one attached hydrogen (secondary N) is 1. The first-order valence-corrected chi connectivity index (χ1v) is 13.1. The summed E-state index contributed by atoms with van der Waals surface area (Å²) < 4.78 is 13.5. The lowest BCUT2D eigenvalue weighted by Gasteiger charge is -2.17. The molecule has 0 aliphatic heterocycles. The van der Waals surface area contributed by atoms with Gasteiger partial charge in [0.15, 0.2) is 5.75 Å². The van der Waals surface area contributed by atoms with Crippen molar-refractivity contribution >= 4 is 38.2 Å². The summed E-state index contributed by atoms with van der Waals surface area (Å²) in [7, 11) is 3.16. The molecule has 0 aliphatic rings. The number of pyridine rings is 1. The number of hydrogen-bond donors (Lipinski definition) is 1. The average molecular weight is 508 g/mol. The number of carbonyl (C=O) groups is 1. The van der Waals surface area contributed by atoms with Gasteiger partial charge in [-0.25, -0.2) is 0 Å². The average Bonchev–Trinajstić information content (AvgIpc) is 3.32. The van der Waals surface area contributed by atoms with Crippen molar-refractivity contribution in [2.75, 3.05) is 40.4 Å². The molecule has 0 saturated carbocycles. The SMILES string of the molecule is CCN(CC)CCNC(=O)c1sc2c(c1OC)c(=O)n(CCc1ccc(OC)cc1)c1ccccc21. The van der Waals surface area contributed by atoms with Crippen molar-refractivity contribution in [3.63, 3.8) is 0 Å². The highest BCUT2D eigenvalue weighted by Crippen LogP contribution is 2.39. The minimum Gasteiger partial charge on any atom is -0.497 e. The zero-order valence-corrected chi connectivity index (χ0v) is 22.1. The molecule has 36 heavy (non-hydrogen) atoms. The zero-order chi connectivity index (χ0) is 25.7. The molecule has 2 heterocycles. The van der Waals surface area contributed by atoms with E-state index >= 15 is 0 Å². The van der Waals surface area contributed by atoms with Crippen molar-refractivity contribution in [3.8, 4) is 11.5 Å². The van der Waals surface area contributed by atoms with Crippen LogP contribution in [0.25, 0.3) is 21.0 Å². The van der Waals surface area contributed by atoms with Gasteiger partial charge in [-0.2, -0.15) is 0 Å². The maximum atomic E-state index is 13.8. The number of aryl methyl sites for hydroxylation is 2. The molecule has 4 rings (SSSR count). The molecule has 0 saturated heterocycles. The molecule has 0 radical (unpaired) electrons. The third-order valence-corrected chi connectivity index (χ3v) is 7.77. The minimum absolute atomic E-state index is 0.146. The first-order valence-electron chi connectivity index (χ1n) is 12.3. The molecular formula is C28H33N3O4S. The number of amides is 1. The summed E-state index contributed by atoms with van der Waals surface area (Å²) in [6.45, 7) is 7.88. The highest BCUT2D eigenvalue weighted by atomic mass is 32.1. The fourth-order valence-corrected chi connectivity index (χ4v) is 5.70. The van der Waals surface area contributed by atoms with Crippen molar-refractivity contribution in [2.24, 2.45) is 0 Å². The van der Waals surface area contributed by atoms with Crippen LogP contribution >= 0.6 is 11.3 Å². The van der Waals surface area contributed by atoms with Gasteiger partial charge in [-0.05, 0) is 43.3 Å². The number of likely N-dealkylation sites (N-methyl/N-ethyl adjacent to an activating group) is 1. The van der Waals surface area contributed by atoms with Gasteiger partial charge in [0, 0.05) is 25.0 Å². The van der Waals surface area contributed by atoms with Gasteiger partial charge in [0.1, 0.15) is 16.0 Å². The largest absolute Gasteiger partial charge is 0.497 e. The molecule has 8 heteroatoms. The van der Waals surface area contributed by atoms with E-state index in [1.54, 1.807) is 11.7 Å². The van der Waals surface area contributed by atoms with Gasteiger partial charge in [-0.15, -0.1) is 11.3 Å². The molecule has 2 aromatic heterocycles. The Morgan fingerprint density at radius 3 is 2.42 bits per heavy atom. The molecule has 0 bridgehead atoms. The maximum Gasteiger partial charge on any atom is 0.265 e. The lowest BCUT2D eigenvalue weighted by molar-refractivity contribution is 0.0950. The third-order valence-electron chi connectivity index (χ3n) is 6.56. The highest BCUT2D eigenvalue weighted by Gasteiger charge is 2.24. The Kier molecular flexibility index (Phi) is 8.28. The minimum atomic E-state index is -0.214. The molecule has 0 fully saturated rings. The summed E-state index contributed by atoms with van der Waals surface area (Å²) in [5.41, 5.74) is 1.81. The molecular weight excluding hydrogens is 474 g/mol. The number of para-hydroxylation sites is 1. The highest BCUT2D eigenvalue weighted by molar-refractivity contribution is 7.22. The smallest absolute Gasteiger partial charge is 0.265 e. The van der Waals surface area contributed by atoms with Crippen LogP contribution in [0, 0.1) is 0 Å². The Hall–Kier alpha value is -3.36. The van der Waals surface area contributed by atoms with Gasteiger partial charge < -0.3 is 24.3 Å². The predicted molar refractivity (Wildman–Crippen MR) is 147 cm³/mol. The van der Waals surface area contributed by atoms with Crippen molar-refractivity contribution < 1.29 is 14.3 Å². The summed E-state index contributed by atoms with van der Waals surface area (Å²) in [6.07, 6.45) is 0.685. The molecule has 4 aromatic rings. The molecule has 7 nitrogen and oxygen atoms in total. The second-order valence-electron chi connectivity index (χ2n) is 8.52. The molecule has 0 unspecified atom stereocenters. The molecule has 190 valence electrons. The lowest BCUT2D eigenvalue weighted by Crippen LogP contribution is -2.34. The summed E-state index contributed by atoms with van der Waals surface area (Å²) in [5.74, 6) is 0.937. The van der Waals surface area contributed by atoms with E-state index in [0.717, 1.165) is 46.6 Å². The quantitative estimate of drug-likeness (QED) is 0.323. The summed E-state index contributed by atoms with van der Waals surface area (Å²) in [5, 5.41) is 4.40. The second-order valence-corrected chi connectivity index (χ2v) is 9.54. The number of benzene rings is 2.